The van der Waals surface area contributed by atoms with Gasteiger partial charge in [0.2, 0.25) is 5.91 Å². The quantitative estimate of drug-likeness (QED) is 0.807. The Hall–Kier alpha value is -1.32. The van der Waals surface area contributed by atoms with Gasteiger partial charge in [-0.3, -0.25) is 4.79 Å². The van der Waals surface area contributed by atoms with E-state index in [0.717, 1.165) is 23.8 Å². The van der Waals surface area contributed by atoms with Gasteiger partial charge in [-0.2, -0.15) is 0 Å². The second-order valence-electron chi connectivity index (χ2n) is 5.37. The van der Waals surface area contributed by atoms with E-state index >= 15 is 0 Å². The van der Waals surface area contributed by atoms with Crippen LogP contribution in [0.15, 0.2) is 10.6 Å². The molecule has 0 saturated heterocycles. The standard InChI is InChI=1S/C14H22N2O2/c1-11-9-13(15-18-11)10-16(2)14(17)8-7-12-5-3-4-6-12/h9,12H,3-8,10H2,1-2H3. The lowest BCUT2D eigenvalue weighted by Crippen LogP contribution is -2.26. The van der Waals surface area contributed by atoms with E-state index < -0.39 is 0 Å². The molecule has 1 aliphatic carbocycles. The van der Waals surface area contributed by atoms with Gasteiger partial charge in [-0.15, -0.1) is 0 Å². The lowest BCUT2D eigenvalue weighted by Gasteiger charge is -2.16. The first kappa shape index (κ1) is 13.1. The maximum atomic E-state index is 12.0. The topological polar surface area (TPSA) is 46.3 Å². The van der Waals surface area contributed by atoms with Crippen LogP contribution in [0, 0.1) is 12.8 Å². The number of carbonyl (C=O) groups is 1. The van der Waals surface area contributed by atoms with E-state index in [-0.39, 0.29) is 5.91 Å². The van der Waals surface area contributed by atoms with Gasteiger partial charge in [0.15, 0.2) is 0 Å². The van der Waals surface area contributed by atoms with Gasteiger partial charge < -0.3 is 9.42 Å². The summed E-state index contributed by atoms with van der Waals surface area (Å²) in [5.74, 6) is 1.77. The van der Waals surface area contributed by atoms with Crippen LogP contribution in [0.1, 0.15) is 50.0 Å². The minimum absolute atomic E-state index is 0.211. The summed E-state index contributed by atoms with van der Waals surface area (Å²) in [6.45, 7) is 2.40. The molecule has 0 aromatic carbocycles. The largest absolute Gasteiger partial charge is 0.361 e. The monoisotopic (exact) mass is 250 g/mol. The van der Waals surface area contributed by atoms with E-state index in [9.17, 15) is 4.79 Å². The summed E-state index contributed by atoms with van der Waals surface area (Å²) >= 11 is 0. The molecule has 0 radical (unpaired) electrons. The van der Waals surface area contributed by atoms with E-state index in [0.29, 0.717) is 13.0 Å². The van der Waals surface area contributed by atoms with Gasteiger partial charge in [-0.05, 0) is 19.3 Å². The molecule has 1 aromatic rings. The van der Waals surface area contributed by atoms with Crippen LogP contribution in [0.25, 0.3) is 0 Å². The van der Waals surface area contributed by atoms with Gasteiger partial charge in [0.1, 0.15) is 11.5 Å². The van der Waals surface area contributed by atoms with Crippen LogP contribution in [-0.2, 0) is 11.3 Å². The molecule has 1 heterocycles. The molecule has 4 nitrogen and oxygen atoms in total. The maximum absolute atomic E-state index is 12.0. The molecule has 1 aliphatic rings. The number of hydrogen-bond acceptors (Lipinski definition) is 3. The molecule has 4 heteroatoms. The molecule has 1 saturated carbocycles. The lowest BCUT2D eigenvalue weighted by molar-refractivity contribution is -0.130. The highest BCUT2D eigenvalue weighted by Gasteiger charge is 2.18. The maximum Gasteiger partial charge on any atom is 0.222 e. The van der Waals surface area contributed by atoms with E-state index in [1.54, 1.807) is 4.90 Å². The number of nitrogens with zero attached hydrogens (tertiary/aromatic N) is 2. The Balaban J connectivity index is 1.74. The summed E-state index contributed by atoms with van der Waals surface area (Å²) < 4.78 is 5.00. The molecule has 1 amide bonds. The highest BCUT2D eigenvalue weighted by Crippen LogP contribution is 2.28. The Kier molecular flexibility index (Phi) is 4.39. The highest BCUT2D eigenvalue weighted by molar-refractivity contribution is 5.75. The third-order valence-corrected chi connectivity index (χ3v) is 3.74. The average Bonchev–Trinajstić information content (AvgIpc) is 2.97. The van der Waals surface area contributed by atoms with E-state index in [1.807, 2.05) is 20.0 Å². The van der Waals surface area contributed by atoms with Crippen LogP contribution in [0.3, 0.4) is 0 Å². The van der Waals surface area contributed by atoms with Gasteiger partial charge in [-0.1, -0.05) is 30.8 Å². The highest BCUT2D eigenvalue weighted by atomic mass is 16.5. The fourth-order valence-corrected chi connectivity index (χ4v) is 2.64. The first-order valence-electron chi connectivity index (χ1n) is 6.81. The first-order valence-corrected chi connectivity index (χ1v) is 6.81. The van der Waals surface area contributed by atoms with Crippen LogP contribution < -0.4 is 0 Å². The van der Waals surface area contributed by atoms with Crippen molar-refractivity contribution in [3.63, 3.8) is 0 Å². The molecule has 0 aliphatic heterocycles. The van der Waals surface area contributed by atoms with Gasteiger partial charge in [0.25, 0.3) is 0 Å². The molecule has 18 heavy (non-hydrogen) atoms. The zero-order valence-electron chi connectivity index (χ0n) is 11.3. The SMILES string of the molecule is Cc1cc(CN(C)C(=O)CCC2CCCC2)no1. The minimum Gasteiger partial charge on any atom is -0.361 e. The van der Waals surface area contributed by atoms with Crippen molar-refractivity contribution in [3.8, 4) is 0 Å². The van der Waals surface area contributed by atoms with Crippen molar-refractivity contribution in [1.82, 2.24) is 10.1 Å². The van der Waals surface area contributed by atoms with Crippen molar-refractivity contribution in [3.05, 3.63) is 17.5 Å². The zero-order chi connectivity index (χ0) is 13.0. The molecule has 0 N–H and O–H groups in total. The molecule has 2 rings (SSSR count). The molecule has 0 spiro atoms. The number of aryl methyl sites for hydroxylation is 1. The van der Waals surface area contributed by atoms with Crippen molar-refractivity contribution < 1.29 is 9.32 Å². The fourth-order valence-electron chi connectivity index (χ4n) is 2.64. The van der Waals surface area contributed by atoms with Crippen LogP contribution in [-0.4, -0.2) is 23.0 Å². The summed E-state index contributed by atoms with van der Waals surface area (Å²) in [5.41, 5.74) is 0.823. The first-order chi connectivity index (χ1) is 8.65. The van der Waals surface area contributed by atoms with Crippen molar-refractivity contribution in [2.24, 2.45) is 5.92 Å². The second kappa shape index (κ2) is 6.03. The number of carbonyl (C=O) groups excluding carboxylic acids is 1. The van der Waals surface area contributed by atoms with E-state index in [2.05, 4.69) is 5.16 Å². The summed E-state index contributed by atoms with van der Waals surface area (Å²) in [4.78, 5) is 13.7. The predicted octanol–water partition coefficient (Wildman–Crippen LogP) is 2.91. The van der Waals surface area contributed by atoms with Crippen LogP contribution in [0.2, 0.25) is 0 Å². The van der Waals surface area contributed by atoms with Crippen LogP contribution in [0.4, 0.5) is 0 Å². The Morgan fingerprint density at radius 2 is 2.22 bits per heavy atom. The Labute approximate surface area is 108 Å². The number of rotatable bonds is 5. The fraction of sp³-hybridized carbons (Fsp3) is 0.714. The Morgan fingerprint density at radius 3 is 2.83 bits per heavy atom. The van der Waals surface area contributed by atoms with Gasteiger partial charge in [0, 0.05) is 19.5 Å². The van der Waals surface area contributed by atoms with Crippen molar-refractivity contribution >= 4 is 5.91 Å². The average molecular weight is 250 g/mol. The molecule has 0 unspecified atom stereocenters. The smallest absolute Gasteiger partial charge is 0.222 e. The second-order valence-corrected chi connectivity index (χ2v) is 5.37. The summed E-state index contributed by atoms with van der Waals surface area (Å²) in [6, 6.07) is 1.88. The molecule has 1 aromatic heterocycles. The van der Waals surface area contributed by atoms with Crippen molar-refractivity contribution in [1.29, 1.82) is 0 Å². The Morgan fingerprint density at radius 1 is 1.50 bits per heavy atom. The normalized spacial score (nSPS) is 16.1. The molecular formula is C14H22N2O2. The third kappa shape index (κ3) is 3.59. The summed E-state index contributed by atoms with van der Waals surface area (Å²) in [6.07, 6.45) is 7.00. The predicted molar refractivity (Wildman–Crippen MR) is 68.9 cm³/mol. The zero-order valence-corrected chi connectivity index (χ0v) is 11.3. The van der Waals surface area contributed by atoms with Crippen LogP contribution in [0.5, 0.6) is 0 Å². The third-order valence-electron chi connectivity index (χ3n) is 3.74. The lowest BCUT2D eigenvalue weighted by atomic mass is 10.0. The van der Waals surface area contributed by atoms with E-state index in [1.165, 1.54) is 25.7 Å². The summed E-state index contributed by atoms with van der Waals surface area (Å²) in [5, 5.41) is 3.91. The van der Waals surface area contributed by atoms with Gasteiger partial charge >= 0.3 is 0 Å². The van der Waals surface area contributed by atoms with Gasteiger partial charge in [-0.25, -0.2) is 0 Å². The van der Waals surface area contributed by atoms with Crippen molar-refractivity contribution in [2.45, 2.75) is 52.0 Å². The Bertz CT molecular complexity index is 394. The number of hydrogen-bond donors (Lipinski definition) is 0. The molecule has 1 fully saturated rings. The molecule has 0 bridgehead atoms. The van der Waals surface area contributed by atoms with E-state index in [4.69, 9.17) is 4.52 Å². The van der Waals surface area contributed by atoms with Crippen LogP contribution >= 0.6 is 0 Å². The number of amides is 1. The molecular weight excluding hydrogens is 228 g/mol. The number of aromatic nitrogens is 1. The molecule has 0 atom stereocenters. The minimum atomic E-state index is 0.211. The molecule has 100 valence electrons. The van der Waals surface area contributed by atoms with Gasteiger partial charge in [0.05, 0.1) is 6.54 Å². The summed E-state index contributed by atoms with van der Waals surface area (Å²) in [7, 11) is 1.83. The van der Waals surface area contributed by atoms with Crippen molar-refractivity contribution in [2.75, 3.05) is 7.05 Å².